The van der Waals surface area contributed by atoms with Crippen LogP contribution in [0.3, 0.4) is 0 Å². The summed E-state index contributed by atoms with van der Waals surface area (Å²) in [7, 11) is 2.14. The second-order valence-corrected chi connectivity index (χ2v) is 10.4. The van der Waals surface area contributed by atoms with Crippen molar-refractivity contribution in [2.75, 3.05) is 26.7 Å². The Hall–Kier alpha value is -2.78. The third-order valence-corrected chi connectivity index (χ3v) is 6.45. The highest BCUT2D eigenvalue weighted by atomic mass is 35.5. The van der Waals surface area contributed by atoms with Crippen LogP contribution in [0.4, 0.5) is 13.2 Å². The Bertz CT molecular complexity index is 1050. The molecule has 0 aromatic heterocycles. The summed E-state index contributed by atoms with van der Waals surface area (Å²) < 4.78 is 37.5. The number of amides is 1. The second-order valence-electron chi connectivity index (χ2n) is 9.98. The fourth-order valence-electron chi connectivity index (χ4n) is 3.93. The fourth-order valence-corrected chi connectivity index (χ4v) is 4.23. The molecule has 0 unspecified atom stereocenters. The van der Waals surface area contributed by atoms with Crippen molar-refractivity contribution in [3.05, 3.63) is 64.2 Å². The number of ether oxygens (including phenoxy) is 1. The van der Waals surface area contributed by atoms with Crippen LogP contribution in [0.15, 0.2) is 42.5 Å². The SMILES string of the molecule is Cc1ccc(CN(C(=O)Cc2ccc(OCC(C)C)cc2)C2CCN(C)CC2)c(Cl)c1.O=C(O)C(F)(F)F. The molecule has 0 bridgehead atoms. The molecule has 1 heterocycles. The van der Waals surface area contributed by atoms with Crippen LogP contribution in [-0.2, 0) is 22.6 Å². The van der Waals surface area contributed by atoms with Crippen LogP contribution < -0.4 is 4.74 Å². The summed E-state index contributed by atoms with van der Waals surface area (Å²) in [5.74, 6) is -1.27. The van der Waals surface area contributed by atoms with E-state index in [1.54, 1.807) is 0 Å². The van der Waals surface area contributed by atoms with Gasteiger partial charge in [0.25, 0.3) is 0 Å². The molecule has 1 saturated heterocycles. The van der Waals surface area contributed by atoms with Gasteiger partial charge in [-0.05, 0) is 80.7 Å². The standard InChI is InChI=1S/C26H35ClN2O2.C2HF3O2/c1-19(2)18-31-24-9-6-21(7-10-24)16-26(30)29(23-11-13-28(4)14-12-23)17-22-8-5-20(3)15-25(22)27;3-2(4,5)1(6)7/h5-10,15,19,23H,11-14,16-18H2,1-4H3;(H,6,7). The van der Waals surface area contributed by atoms with Crippen molar-refractivity contribution in [1.29, 1.82) is 0 Å². The minimum atomic E-state index is -5.08. The van der Waals surface area contributed by atoms with Crippen molar-refractivity contribution in [2.45, 2.75) is 58.8 Å². The molecule has 1 fully saturated rings. The predicted molar refractivity (Wildman–Crippen MR) is 141 cm³/mol. The number of aryl methyl sites for hydroxylation is 1. The van der Waals surface area contributed by atoms with Gasteiger partial charge in [-0.1, -0.05) is 49.7 Å². The van der Waals surface area contributed by atoms with Crippen LogP contribution in [0.5, 0.6) is 5.75 Å². The van der Waals surface area contributed by atoms with Gasteiger partial charge in [0.1, 0.15) is 5.75 Å². The lowest BCUT2D eigenvalue weighted by molar-refractivity contribution is -0.192. The first kappa shape index (κ1) is 31.4. The van der Waals surface area contributed by atoms with Gasteiger partial charge in [-0.15, -0.1) is 0 Å². The molecule has 0 radical (unpaired) electrons. The summed E-state index contributed by atoms with van der Waals surface area (Å²) in [4.78, 5) is 26.7. The minimum Gasteiger partial charge on any atom is -0.493 e. The highest BCUT2D eigenvalue weighted by Crippen LogP contribution is 2.25. The number of rotatable bonds is 8. The first-order chi connectivity index (χ1) is 17.8. The summed E-state index contributed by atoms with van der Waals surface area (Å²) >= 11 is 6.51. The number of alkyl halides is 3. The lowest BCUT2D eigenvalue weighted by Crippen LogP contribution is -2.46. The van der Waals surface area contributed by atoms with Crippen molar-refractivity contribution < 1.29 is 32.6 Å². The van der Waals surface area contributed by atoms with Gasteiger partial charge in [0.05, 0.1) is 13.0 Å². The van der Waals surface area contributed by atoms with E-state index >= 15 is 0 Å². The summed E-state index contributed by atoms with van der Waals surface area (Å²) in [5.41, 5.74) is 3.15. The van der Waals surface area contributed by atoms with Crippen LogP contribution in [-0.4, -0.2) is 65.7 Å². The Morgan fingerprint density at radius 2 is 1.71 bits per heavy atom. The largest absolute Gasteiger partial charge is 0.493 e. The van der Waals surface area contributed by atoms with E-state index in [-0.39, 0.29) is 11.9 Å². The van der Waals surface area contributed by atoms with E-state index in [9.17, 15) is 18.0 Å². The van der Waals surface area contributed by atoms with Gasteiger partial charge in [-0.3, -0.25) is 4.79 Å². The quantitative estimate of drug-likeness (QED) is 0.433. The molecular weight excluding hydrogens is 521 g/mol. The molecule has 10 heteroatoms. The normalized spacial score (nSPS) is 14.6. The highest BCUT2D eigenvalue weighted by Gasteiger charge is 2.38. The number of hydrogen-bond acceptors (Lipinski definition) is 4. The topological polar surface area (TPSA) is 70.1 Å². The molecular formula is C28H36ClF3N2O4. The van der Waals surface area contributed by atoms with Crippen molar-refractivity contribution in [1.82, 2.24) is 9.80 Å². The Kier molecular flexibility index (Phi) is 11.9. The van der Waals surface area contributed by atoms with Crippen molar-refractivity contribution in [3.63, 3.8) is 0 Å². The smallest absolute Gasteiger partial charge is 0.490 e. The molecule has 0 saturated carbocycles. The van der Waals surface area contributed by atoms with Gasteiger partial charge in [-0.25, -0.2) is 4.79 Å². The fraction of sp³-hybridized carbons (Fsp3) is 0.500. The highest BCUT2D eigenvalue weighted by molar-refractivity contribution is 6.31. The number of nitrogens with zero attached hydrogens (tertiary/aromatic N) is 2. The molecule has 3 rings (SSSR count). The summed E-state index contributed by atoms with van der Waals surface area (Å²) in [6, 6.07) is 14.3. The second kappa shape index (κ2) is 14.4. The monoisotopic (exact) mass is 556 g/mol. The number of likely N-dealkylation sites (tertiary alicyclic amines) is 1. The lowest BCUT2D eigenvalue weighted by Gasteiger charge is -2.37. The molecule has 1 N–H and O–H groups in total. The maximum absolute atomic E-state index is 13.4. The Morgan fingerprint density at radius 3 is 2.21 bits per heavy atom. The maximum atomic E-state index is 13.4. The molecule has 2 aromatic carbocycles. The molecule has 6 nitrogen and oxygen atoms in total. The van der Waals surface area contributed by atoms with E-state index in [2.05, 4.69) is 31.9 Å². The van der Waals surface area contributed by atoms with Crippen LogP contribution in [0.2, 0.25) is 5.02 Å². The molecule has 0 atom stereocenters. The molecule has 0 spiro atoms. The van der Waals surface area contributed by atoms with Crippen molar-refractivity contribution in [2.24, 2.45) is 5.92 Å². The van der Waals surface area contributed by atoms with Gasteiger partial charge in [0.15, 0.2) is 0 Å². The minimum absolute atomic E-state index is 0.155. The van der Waals surface area contributed by atoms with Gasteiger partial charge in [0, 0.05) is 17.6 Å². The Balaban J connectivity index is 0.000000638. The molecule has 1 amide bonds. The van der Waals surface area contributed by atoms with E-state index in [0.717, 1.165) is 53.4 Å². The predicted octanol–water partition coefficient (Wildman–Crippen LogP) is 5.98. The van der Waals surface area contributed by atoms with E-state index < -0.39 is 12.1 Å². The first-order valence-electron chi connectivity index (χ1n) is 12.5. The number of benzene rings is 2. The molecule has 0 aliphatic carbocycles. The number of carbonyl (C=O) groups is 2. The summed E-state index contributed by atoms with van der Waals surface area (Å²) in [6.07, 6.45) is -2.71. The van der Waals surface area contributed by atoms with E-state index in [1.165, 1.54) is 0 Å². The zero-order valence-electron chi connectivity index (χ0n) is 22.2. The Labute approximate surface area is 227 Å². The maximum Gasteiger partial charge on any atom is 0.490 e. The average molecular weight is 557 g/mol. The van der Waals surface area contributed by atoms with E-state index in [0.29, 0.717) is 25.5 Å². The third kappa shape index (κ3) is 10.5. The molecule has 210 valence electrons. The molecule has 1 aliphatic heterocycles. The van der Waals surface area contributed by atoms with Gasteiger partial charge in [0.2, 0.25) is 5.91 Å². The number of aliphatic carboxylic acids is 1. The summed E-state index contributed by atoms with van der Waals surface area (Å²) in [6.45, 7) is 9.57. The molecule has 2 aromatic rings. The summed E-state index contributed by atoms with van der Waals surface area (Å²) in [5, 5.41) is 7.86. The van der Waals surface area contributed by atoms with Gasteiger partial charge < -0.3 is 19.6 Å². The van der Waals surface area contributed by atoms with Crippen LogP contribution >= 0.6 is 11.6 Å². The lowest BCUT2D eigenvalue weighted by atomic mass is 10.0. The number of carbonyl (C=O) groups excluding carboxylic acids is 1. The number of carboxylic acid groups (broad SMARTS) is 1. The number of hydrogen-bond donors (Lipinski definition) is 1. The van der Waals surface area contributed by atoms with Gasteiger partial charge in [-0.2, -0.15) is 13.2 Å². The van der Waals surface area contributed by atoms with Crippen molar-refractivity contribution >= 4 is 23.5 Å². The first-order valence-corrected chi connectivity index (χ1v) is 12.9. The average Bonchev–Trinajstić information content (AvgIpc) is 2.83. The van der Waals surface area contributed by atoms with E-state index in [1.807, 2.05) is 48.2 Å². The molecule has 1 aliphatic rings. The zero-order valence-corrected chi connectivity index (χ0v) is 23.0. The number of carboxylic acids is 1. The molecule has 38 heavy (non-hydrogen) atoms. The number of halogens is 4. The van der Waals surface area contributed by atoms with Gasteiger partial charge >= 0.3 is 12.1 Å². The van der Waals surface area contributed by atoms with Crippen molar-refractivity contribution in [3.8, 4) is 5.75 Å². The van der Waals surface area contributed by atoms with Crippen LogP contribution in [0.1, 0.15) is 43.4 Å². The van der Waals surface area contributed by atoms with E-state index in [4.69, 9.17) is 26.2 Å². The third-order valence-electron chi connectivity index (χ3n) is 6.10. The number of piperidine rings is 1. The van der Waals surface area contributed by atoms with Crippen LogP contribution in [0.25, 0.3) is 0 Å². The Morgan fingerprint density at radius 1 is 1.13 bits per heavy atom. The van der Waals surface area contributed by atoms with Crippen LogP contribution in [0, 0.1) is 12.8 Å². The zero-order chi connectivity index (χ0) is 28.5.